The maximum Gasteiger partial charge on any atom is 0.257 e. The summed E-state index contributed by atoms with van der Waals surface area (Å²) in [5.74, 6) is 0.740. The summed E-state index contributed by atoms with van der Waals surface area (Å²) in [5, 5.41) is 6.26. The number of hydrogen-bond acceptors (Lipinski definition) is 4. The monoisotopic (exact) mass is 307 g/mol. The second kappa shape index (κ2) is 5.48. The molecule has 6 heteroatoms. The van der Waals surface area contributed by atoms with Crippen LogP contribution in [0, 0.1) is 6.92 Å². The van der Waals surface area contributed by atoms with Crippen LogP contribution in [0.2, 0.25) is 0 Å². The molecule has 0 saturated heterocycles. The summed E-state index contributed by atoms with van der Waals surface area (Å²) in [6.07, 6.45) is 4.33. The van der Waals surface area contributed by atoms with Crippen LogP contribution in [0.4, 0.5) is 5.69 Å². The van der Waals surface area contributed by atoms with Crippen molar-refractivity contribution in [3.8, 4) is 0 Å². The third-order valence-corrected chi connectivity index (χ3v) is 4.12. The van der Waals surface area contributed by atoms with Crippen LogP contribution >= 0.6 is 0 Å². The van der Waals surface area contributed by atoms with Crippen LogP contribution in [0.5, 0.6) is 0 Å². The molecule has 0 radical (unpaired) electrons. The van der Waals surface area contributed by atoms with E-state index < -0.39 is 0 Å². The van der Waals surface area contributed by atoms with Gasteiger partial charge in [0, 0.05) is 24.6 Å². The normalized spacial score (nSPS) is 13.8. The van der Waals surface area contributed by atoms with Crippen molar-refractivity contribution in [3.05, 3.63) is 53.1 Å². The van der Waals surface area contributed by atoms with Crippen LogP contribution in [0.1, 0.15) is 27.3 Å². The van der Waals surface area contributed by atoms with E-state index in [1.807, 2.05) is 31.3 Å². The molecule has 0 aliphatic carbocycles. The number of aryl methyl sites for hydroxylation is 1. The molecule has 2 aromatic heterocycles. The van der Waals surface area contributed by atoms with Gasteiger partial charge < -0.3 is 15.6 Å². The molecule has 1 aliphatic rings. The number of benzene rings is 1. The summed E-state index contributed by atoms with van der Waals surface area (Å²) in [6, 6.07) is 5.67. The van der Waals surface area contributed by atoms with Crippen molar-refractivity contribution in [2.45, 2.75) is 19.9 Å². The fourth-order valence-electron chi connectivity index (χ4n) is 3.02. The highest BCUT2D eigenvalue weighted by Crippen LogP contribution is 2.21. The fraction of sp³-hybridized carbons (Fsp3) is 0.235. The number of pyridine rings is 1. The highest BCUT2D eigenvalue weighted by Gasteiger charge is 2.18. The molecule has 0 atom stereocenters. The van der Waals surface area contributed by atoms with Crippen LogP contribution < -0.4 is 10.6 Å². The van der Waals surface area contributed by atoms with Crippen molar-refractivity contribution in [2.24, 2.45) is 0 Å². The number of fused-ring (bicyclic) bond motifs is 2. The van der Waals surface area contributed by atoms with Crippen LogP contribution in [0.25, 0.3) is 11.0 Å². The molecule has 6 nitrogen and oxygen atoms in total. The minimum absolute atomic E-state index is 0.119. The Balaban J connectivity index is 1.64. The molecule has 0 fully saturated rings. The van der Waals surface area contributed by atoms with Crippen molar-refractivity contribution in [2.75, 3.05) is 11.9 Å². The number of nitrogens with one attached hydrogen (secondary N) is 3. The van der Waals surface area contributed by atoms with E-state index in [9.17, 15) is 4.79 Å². The van der Waals surface area contributed by atoms with Crippen molar-refractivity contribution < 1.29 is 4.79 Å². The van der Waals surface area contributed by atoms with E-state index in [0.717, 1.165) is 53.2 Å². The number of aromatic amines is 1. The quantitative estimate of drug-likeness (QED) is 0.677. The molecular formula is C17H17N5O. The molecule has 4 rings (SSSR count). The van der Waals surface area contributed by atoms with Gasteiger partial charge in [0.25, 0.3) is 5.91 Å². The second-order valence-corrected chi connectivity index (χ2v) is 5.76. The Morgan fingerprint density at radius 1 is 1.30 bits per heavy atom. The van der Waals surface area contributed by atoms with Gasteiger partial charge in [-0.05, 0) is 49.2 Å². The average Bonchev–Trinajstić information content (AvgIpc) is 2.93. The third kappa shape index (κ3) is 2.57. The molecule has 0 saturated carbocycles. The van der Waals surface area contributed by atoms with Gasteiger partial charge in [-0.25, -0.2) is 4.98 Å². The number of imidazole rings is 1. The molecule has 1 aromatic carbocycles. The molecule has 116 valence electrons. The number of aromatic nitrogens is 3. The lowest BCUT2D eigenvalue weighted by Crippen LogP contribution is -2.27. The van der Waals surface area contributed by atoms with E-state index >= 15 is 0 Å². The summed E-state index contributed by atoms with van der Waals surface area (Å²) >= 11 is 0. The zero-order valence-corrected chi connectivity index (χ0v) is 12.8. The number of carbonyl (C=O) groups is 1. The molecule has 23 heavy (non-hydrogen) atoms. The summed E-state index contributed by atoms with van der Waals surface area (Å²) in [5.41, 5.74) is 5.41. The first-order valence-electron chi connectivity index (χ1n) is 7.65. The minimum atomic E-state index is -0.119. The largest absolute Gasteiger partial charge is 0.342 e. The van der Waals surface area contributed by atoms with Gasteiger partial charge in [-0.2, -0.15) is 0 Å². The zero-order chi connectivity index (χ0) is 15.8. The first kappa shape index (κ1) is 13.9. The Bertz CT molecular complexity index is 899. The van der Waals surface area contributed by atoms with Crippen molar-refractivity contribution in [1.29, 1.82) is 0 Å². The van der Waals surface area contributed by atoms with Gasteiger partial charge in [0.15, 0.2) is 0 Å². The topological polar surface area (TPSA) is 82.7 Å². The maximum absolute atomic E-state index is 12.6. The predicted molar refractivity (Wildman–Crippen MR) is 88.4 cm³/mol. The van der Waals surface area contributed by atoms with Crippen LogP contribution in [-0.2, 0) is 13.0 Å². The van der Waals surface area contributed by atoms with Gasteiger partial charge in [0.1, 0.15) is 5.82 Å². The summed E-state index contributed by atoms with van der Waals surface area (Å²) in [4.78, 5) is 24.4. The SMILES string of the molecule is Cc1nc2ccc(NC(=O)c3cncc4c3CCNC4)cc2[nH]1. The van der Waals surface area contributed by atoms with Crippen molar-refractivity contribution in [3.63, 3.8) is 0 Å². The van der Waals surface area contributed by atoms with E-state index in [4.69, 9.17) is 0 Å². The number of hydrogen-bond donors (Lipinski definition) is 3. The third-order valence-electron chi connectivity index (χ3n) is 4.12. The smallest absolute Gasteiger partial charge is 0.257 e. The van der Waals surface area contributed by atoms with Gasteiger partial charge in [-0.15, -0.1) is 0 Å². The average molecular weight is 307 g/mol. The van der Waals surface area contributed by atoms with E-state index in [0.29, 0.717) is 5.56 Å². The first-order valence-corrected chi connectivity index (χ1v) is 7.65. The lowest BCUT2D eigenvalue weighted by Gasteiger charge is -2.19. The highest BCUT2D eigenvalue weighted by atomic mass is 16.1. The van der Waals surface area contributed by atoms with E-state index in [2.05, 4.69) is 25.6 Å². The Kier molecular flexibility index (Phi) is 3.31. The van der Waals surface area contributed by atoms with E-state index in [-0.39, 0.29) is 5.91 Å². The molecule has 1 aliphatic heterocycles. The van der Waals surface area contributed by atoms with Gasteiger partial charge in [0.05, 0.1) is 16.6 Å². The zero-order valence-electron chi connectivity index (χ0n) is 12.8. The van der Waals surface area contributed by atoms with Crippen molar-refractivity contribution in [1.82, 2.24) is 20.3 Å². The highest BCUT2D eigenvalue weighted by molar-refractivity contribution is 6.06. The summed E-state index contributed by atoms with van der Waals surface area (Å²) in [6.45, 7) is 3.56. The van der Waals surface area contributed by atoms with E-state index in [1.54, 1.807) is 6.20 Å². The second-order valence-electron chi connectivity index (χ2n) is 5.76. The van der Waals surface area contributed by atoms with Gasteiger partial charge >= 0.3 is 0 Å². The number of H-pyrrole nitrogens is 1. The molecule has 0 spiro atoms. The number of amides is 1. The summed E-state index contributed by atoms with van der Waals surface area (Å²) in [7, 11) is 0. The Labute approximate surface area is 133 Å². The molecule has 0 unspecified atom stereocenters. The van der Waals surface area contributed by atoms with Gasteiger partial charge in [0.2, 0.25) is 0 Å². The van der Waals surface area contributed by atoms with Crippen LogP contribution in [0.3, 0.4) is 0 Å². The first-order chi connectivity index (χ1) is 11.2. The lowest BCUT2D eigenvalue weighted by molar-refractivity contribution is 0.102. The standard InChI is InChI=1S/C17H17N5O/c1-10-20-15-3-2-12(6-16(15)21-10)22-17(23)14-9-19-8-11-7-18-5-4-13(11)14/h2-3,6,8-9,18H,4-5,7H2,1H3,(H,20,21)(H,22,23). The predicted octanol–water partition coefficient (Wildman–Crippen LogP) is 2.16. The van der Waals surface area contributed by atoms with Crippen molar-refractivity contribution >= 4 is 22.6 Å². The van der Waals surface area contributed by atoms with E-state index in [1.165, 1.54) is 0 Å². The fourth-order valence-corrected chi connectivity index (χ4v) is 3.02. The minimum Gasteiger partial charge on any atom is -0.342 e. The number of anilines is 1. The molecule has 1 amide bonds. The molecule has 3 heterocycles. The van der Waals surface area contributed by atoms with Gasteiger partial charge in [-0.3, -0.25) is 9.78 Å². The number of carbonyl (C=O) groups excluding carboxylic acids is 1. The lowest BCUT2D eigenvalue weighted by atomic mass is 9.98. The van der Waals surface area contributed by atoms with Gasteiger partial charge in [-0.1, -0.05) is 0 Å². The molecular weight excluding hydrogens is 290 g/mol. The Hall–Kier alpha value is -2.73. The van der Waals surface area contributed by atoms with Crippen LogP contribution in [0.15, 0.2) is 30.6 Å². The number of rotatable bonds is 2. The molecule has 0 bridgehead atoms. The summed E-state index contributed by atoms with van der Waals surface area (Å²) < 4.78 is 0. The Morgan fingerprint density at radius 3 is 3.13 bits per heavy atom. The van der Waals surface area contributed by atoms with Crippen LogP contribution in [-0.4, -0.2) is 27.4 Å². The Morgan fingerprint density at radius 2 is 2.22 bits per heavy atom. The molecule has 3 aromatic rings. The maximum atomic E-state index is 12.6. The number of nitrogens with zero attached hydrogens (tertiary/aromatic N) is 2. The molecule has 3 N–H and O–H groups in total.